The van der Waals surface area contributed by atoms with E-state index in [9.17, 15) is 4.79 Å². The molecule has 2 heteroatoms. The highest BCUT2D eigenvalue weighted by Gasteiger charge is 1.82. The number of aliphatic hydroxyl groups is 1. The quantitative estimate of drug-likeness (QED) is 0.371. The zero-order valence-corrected chi connectivity index (χ0v) is 7.13. The highest BCUT2D eigenvalue weighted by atomic mass is 16.3. The third-order valence-corrected chi connectivity index (χ3v) is 1.08. The van der Waals surface area contributed by atoms with E-state index in [-0.39, 0.29) is 0 Å². The number of rotatable bonds is 2. The Hall–Kier alpha value is -1.25. The predicted octanol–water partition coefficient (Wildman–Crippen LogP) is 0.743. The van der Waals surface area contributed by atoms with Crippen LogP contribution in [-0.2, 0) is 4.79 Å². The summed E-state index contributed by atoms with van der Waals surface area (Å²) in [5.74, 6) is 10.4. The van der Waals surface area contributed by atoms with E-state index >= 15 is 0 Å². The van der Waals surface area contributed by atoms with Gasteiger partial charge < -0.3 is 5.11 Å². The van der Waals surface area contributed by atoms with Gasteiger partial charge in [0.05, 0.1) is 0 Å². The summed E-state index contributed by atoms with van der Waals surface area (Å²) in [6.07, 6.45) is 2.29. The van der Waals surface area contributed by atoms with Crippen LogP contribution in [0, 0.1) is 23.7 Å². The molecular formula is C10H12O2. The molecule has 0 aliphatic carbocycles. The number of aldehydes is 1. The SMILES string of the molecule is CC(O)C#CCCCC#CC=O. The molecular weight excluding hydrogens is 152 g/mol. The Morgan fingerprint density at radius 3 is 2.67 bits per heavy atom. The van der Waals surface area contributed by atoms with Crippen molar-refractivity contribution in [2.45, 2.75) is 32.3 Å². The minimum atomic E-state index is -0.550. The van der Waals surface area contributed by atoms with Gasteiger partial charge in [0.2, 0.25) is 0 Å². The fraction of sp³-hybridized carbons (Fsp3) is 0.500. The summed E-state index contributed by atoms with van der Waals surface area (Å²) in [5, 5.41) is 8.75. The molecule has 0 fully saturated rings. The van der Waals surface area contributed by atoms with E-state index in [4.69, 9.17) is 5.11 Å². The van der Waals surface area contributed by atoms with Gasteiger partial charge in [-0.05, 0) is 19.3 Å². The molecule has 1 atom stereocenters. The van der Waals surface area contributed by atoms with Crippen LogP contribution in [0.5, 0.6) is 0 Å². The molecule has 1 unspecified atom stereocenters. The molecule has 0 radical (unpaired) electrons. The standard InChI is InChI=1S/C10H12O2/c1-10(12)8-6-4-2-3-5-7-9-11/h9-10,12H,2-4H2,1H3. The minimum Gasteiger partial charge on any atom is -0.381 e. The predicted molar refractivity (Wildman–Crippen MR) is 47.1 cm³/mol. The lowest BCUT2D eigenvalue weighted by Gasteiger charge is -1.87. The van der Waals surface area contributed by atoms with Crippen molar-refractivity contribution >= 4 is 6.29 Å². The van der Waals surface area contributed by atoms with Gasteiger partial charge in [0.15, 0.2) is 6.29 Å². The van der Waals surface area contributed by atoms with Gasteiger partial charge in [-0.15, -0.1) is 5.92 Å². The first-order valence-electron chi connectivity index (χ1n) is 3.86. The van der Waals surface area contributed by atoms with Crippen molar-refractivity contribution in [3.63, 3.8) is 0 Å². The van der Waals surface area contributed by atoms with Crippen LogP contribution in [0.1, 0.15) is 26.2 Å². The second kappa shape index (κ2) is 7.85. The summed E-state index contributed by atoms with van der Waals surface area (Å²) in [6.45, 7) is 1.62. The lowest BCUT2D eigenvalue weighted by Crippen LogP contribution is -1.92. The summed E-state index contributed by atoms with van der Waals surface area (Å²) in [7, 11) is 0. The fourth-order valence-electron chi connectivity index (χ4n) is 0.599. The molecule has 0 aliphatic heterocycles. The van der Waals surface area contributed by atoms with Crippen LogP contribution in [0.4, 0.5) is 0 Å². The molecule has 0 aromatic heterocycles. The molecule has 1 N–H and O–H groups in total. The van der Waals surface area contributed by atoms with Crippen molar-refractivity contribution in [1.29, 1.82) is 0 Å². The van der Waals surface area contributed by atoms with Crippen LogP contribution in [-0.4, -0.2) is 17.5 Å². The van der Waals surface area contributed by atoms with E-state index in [0.717, 1.165) is 12.8 Å². The van der Waals surface area contributed by atoms with Gasteiger partial charge in [0.1, 0.15) is 6.10 Å². The summed E-state index contributed by atoms with van der Waals surface area (Å²) in [5.41, 5.74) is 0. The number of carbonyl (C=O) groups excluding carboxylic acids is 1. The molecule has 0 amide bonds. The van der Waals surface area contributed by atoms with Gasteiger partial charge in [0, 0.05) is 12.8 Å². The van der Waals surface area contributed by atoms with Crippen LogP contribution in [0.15, 0.2) is 0 Å². The van der Waals surface area contributed by atoms with E-state index in [2.05, 4.69) is 23.7 Å². The van der Waals surface area contributed by atoms with Gasteiger partial charge >= 0.3 is 0 Å². The molecule has 0 saturated heterocycles. The summed E-state index contributed by atoms with van der Waals surface area (Å²) < 4.78 is 0. The van der Waals surface area contributed by atoms with Gasteiger partial charge in [-0.25, -0.2) is 0 Å². The van der Waals surface area contributed by atoms with Crippen molar-refractivity contribution in [3.8, 4) is 23.7 Å². The lowest BCUT2D eigenvalue weighted by molar-refractivity contribution is -0.103. The zero-order valence-electron chi connectivity index (χ0n) is 7.13. The van der Waals surface area contributed by atoms with Crippen molar-refractivity contribution in [2.24, 2.45) is 0 Å². The molecule has 0 spiro atoms. The Morgan fingerprint density at radius 2 is 2.08 bits per heavy atom. The van der Waals surface area contributed by atoms with Gasteiger partial charge in [-0.3, -0.25) is 4.79 Å². The fourth-order valence-corrected chi connectivity index (χ4v) is 0.599. The number of carbonyl (C=O) groups is 1. The Labute approximate surface area is 73.0 Å². The molecule has 0 saturated carbocycles. The second-order valence-electron chi connectivity index (χ2n) is 2.29. The van der Waals surface area contributed by atoms with E-state index in [1.807, 2.05) is 0 Å². The minimum absolute atomic E-state index is 0.550. The highest BCUT2D eigenvalue weighted by Crippen LogP contribution is 1.91. The van der Waals surface area contributed by atoms with Crippen LogP contribution in [0.25, 0.3) is 0 Å². The molecule has 12 heavy (non-hydrogen) atoms. The first-order valence-corrected chi connectivity index (χ1v) is 3.86. The summed E-state index contributed by atoms with van der Waals surface area (Å²) in [6, 6.07) is 0. The maximum atomic E-state index is 9.75. The maximum Gasteiger partial charge on any atom is 0.192 e. The number of aliphatic hydroxyl groups excluding tert-OH is 1. The van der Waals surface area contributed by atoms with Crippen molar-refractivity contribution in [2.75, 3.05) is 0 Å². The topological polar surface area (TPSA) is 37.3 Å². The Bertz CT molecular complexity index is 232. The third kappa shape index (κ3) is 8.75. The molecule has 2 nitrogen and oxygen atoms in total. The van der Waals surface area contributed by atoms with E-state index in [1.54, 1.807) is 6.92 Å². The first-order chi connectivity index (χ1) is 5.77. The van der Waals surface area contributed by atoms with Crippen molar-refractivity contribution in [3.05, 3.63) is 0 Å². The Kier molecular flexibility index (Phi) is 7.03. The van der Waals surface area contributed by atoms with Crippen LogP contribution >= 0.6 is 0 Å². The molecule has 0 aliphatic rings. The number of unbranched alkanes of at least 4 members (excludes halogenated alkanes) is 2. The lowest BCUT2D eigenvalue weighted by atomic mass is 10.2. The average molecular weight is 164 g/mol. The van der Waals surface area contributed by atoms with Crippen molar-refractivity contribution < 1.29 is 9.90 Å². The van der Waals surface area contributed by atoms with Crippen LogP contribution in [0.3, 0.4) is 0 Å². The molecule has 0 aromatic carbocycles. The van der Waals surface area contributed by atoms with E-state index in [0.29, 0.717) is 12.7 Å². The number of hydrogen-bond donors (Lipinski definition) is 1. The second-order valence-corrected chi connectivity index (χ2v) is 2.29. The summed E-state index contributed by atoms with van der Waals surface area (Å²) >= 11 is 0. The van der Waals surface area contributed by atoms with Crippen LogP contribution < -0.4 is 0 Å². The molecule has 0 heterocycles. The monoisotopic (exact) mass is 164 g/mol. The van der Waals surface area contributed by atoms with E-state index < -0.39 is 6.10 Å². The Morgan fingerprint density at radius 1 is 1.42 bits per heavy atom. The molecule has 64 valence electrons. The zero-order chi connectivity index (χ0) is 9.23. The average Bonchev–Trinajstić information content (AvgIpc) is 2.02. The molecule has 0 bridgehead atoms. The molecule has 0 aromatic rings. The van der Waals surface area contributed by atoms with Gasteiger partial charge in [0.25, 0.3) is 0 Å². The van der Waals surface area contributed by atoms with Crippen molar-refractivity contribution in [1.82, 2.24) is 0 Å². The van der Waals surface area contributed by atoms with E-state index in [1.165, 1.54) is 0 Å². The van der Waals surface area contributed by atoms with Gasteiger partial charge in [-0.2, -0.15) is 0 Å². The highest BCUT2D eigenvalue weighted by molar-refractivity contribution is 5.72. The number of hydrogen-bond acceptors (Lipinski definition) is 2. The molecule has 0 rings (SSSR count). The Balaban J connectivity index is 3.34. The summed E-state index contributed by atoms with van der Waals surface area (Å²) in [4.78, 5) is 9.75. The smallest absolute Gasteiger partial charge is 0.192 e. The first kappa shape index (κ1) is 10.8. The van der Waals surface area contributed by atoms with Crippen LogP contribution in [0.2, 0.25) is 0 Å². The maximum absolute atomic E-state index is 9.75. The third-order valence-electron chi connectivity index (χ3n) is 1.08. The van der Waals surface area contributed by atoms with Gasteiger partial charge in [-0.1, -0.05) is 11.8 Å². The normalized spacial score (nSPS) is 10.2. The largest absolute Gasteiger partial charge is 0.381 e.